The molecule has 1 amide bonds. The van der Waals surface area contributed by atoms with Crippen LogP contribution in [-0.2, 0) is 4.74 Å². The zero-order valence-electron chi connectivity index (χ0n) is 11.1. The molecule has 108 valence electrons. The van der Waals surface area contributed by atoms with Crippen LogP contribution < -0.4 is 5.32 Å². The molecule has 0 unspecified atom stereocenters. The Kier molecular flexibility index (Phi) is 5.29. The van der Waals surface area contributed by atoms with Gasteiger partial charge in [-0.25, -0.2) is 4.79 Å². The van der Waals surface area contributed by atoms with E-state index in [-0.39, 0.29) is 19.1 Å². The molecule has 0 fully saturated rings. The van der Waals surface area contributed by atoms with Gasteiger partial charge in [-0.1, -0.05) is 23.7 Å². The van der Waals surface area contributed by atoms with Gasteiger partial charge in [0, 0.05) is 18.0 Å². The number of amides is 1. The van der Waals surface area contributed by atoms with Crippen molar-refractivity contribution in [3.8, 4) is 0 Å². The van der Waals surface area contributed by atoms with E-state index in [1.54, 1.807) is 36.4 Å². The fourth-order valence-corrected chi connectivity index (χ4v) is 1.83. The SMILES string of the molecule is O=C(NCCOC(=O)c1ccccc1Cl)c1ccncc1. The van der Waals surface area contributed by atoms with Crippen LogP contribution >= 0.6 is 11.6 Å². The van der Waals surface area contributed by atoms with Gasteiger partial charge in [-0.05, 0) is 24.3 Å². The second-order valence-corrected chi connectivity index (χ2v) is 4.51. The summed E-state index contributed by atoms with van der Waals surface area (Å²) in [6.07, 6.45) is 3.07. The first-order valence-electron chi connectivity index (χ1n) is 6.28. The Morgan fingerprint density at radius 1 is 1.14 bits per heavy atom. The summed E-state index contributed by atoms with van der Waals surface area (Å²) in [6, 6.07) is 9.83. The second kappa shape index (κ2) is 7.40. The van der Waals surface area contributed by atoms with E-state index in [9.17, 15) is 9.59 Å². The quantitative estimate of drug-likeness (QED) is 0.680. The van der Waals surface area contributed by atoms with Crippen LogP contribution in [0.2, 0.25) is 5.02 Å². The first kappa shape index (κ1) is 15.0. The molecule has 2 rings (SSSR count). The number of carbonyl (C=O) groups excluding carboxylic acids is 2. The largest absolute Gasteiger partial charge is 0.460 e. The molecule has 6 heteroatoms. The summed E-state index contributed by atoms with van der Waals surface area (Å²) >= 11 is 5.89. The van der Waals surface area contributed by atoms with E-state index in [0.29, 0.717) is 16.1 Å². The predicted molar refractivity (Wildman–Crippen MR) is 78.3 cm³/mol. The van der Waals surface area contributed by atoms with Gasteiger partial charge in [-0.2, -0.15) is 0 Å². The summed E-state index contributed by atoms with van der Waals surface area (Å²) in [5.41, 5.74) is 0.807. The Hall–Kier alpha value is -2.40. The van der Waals surface area contributed by atoms with Gasteiger partial charge in [-0.3, -0.25) is 9.78 Å². The van der Waals surface area contributed by atoms with Crippen LogP contribution in [0.4, 0.5) is 0 Å². The molecule has 5 nitrogen and oxygen atoms in total. The number of esters is 1. The molecule has 0 radical (unpaired) electrons. The third-order valence-electron chi connectivity index (χ3n) is 2.66. The number of rotatable bonds is 5. The topological polar surface area (TPSA) is 68.3 Å². The molecule has 0 aliphatic heterocycles. The highest BCUT2D eigenvalue weighted by molar-refractivity contribution is 6.33. The summed E-state index contributed by atoms with van der Waals surface area (Å²) < 4.78 is 5.04. The van der Waals surface area contributed by atoms with Crippen LogP contribution in [-0.4, -0.2) is 30.0 Å². The van der Waals surface area contributed by atoms with Gasteiger partial charge in [0.1, 0.15) is 6.61 Å². The van der Waals surface area contributed by atoms with Crippen molar-refractivity contribution in [1.29, 1.82) is 0 Å². The monoisotopic (exact) mass is 304 g/mol. The number of nitrogens with one attached hydrogen (secondary N) is 1. The van der Waals surface area contributed by atoms with Gasteiger partial charge in [-0.15, -0.1) is 0 Å². The highest BCUT2D eigenvalue weighted by atomic mass is 35.5. The van der Waals surface area contributed by atoms with Crippen molar-refractivity contribution in [2.75, 3.05) is 13.2 Å². The van der Waals surface area contributed by atoms with Gasteiger partial charge >= 0.3 is 5.97 Å². The minimum atomic E-state index is -0.515. The molecule has 0 saturated carbocycles. The van der Waals surface area contributed by atoms with E-state index < -0.39 is 5.97 Å². The van der Waals surface area contributed by atoms with Crippen molar-refractivity contribution in [1.82, 2.24) is 10.3 Å². The lowest BCUT2D eigenvalue weighted by molar-refractivity contribution is 0.0503. The van der Waals surface area contributed by atoms with E-state index in [1.807, 2.05) is 0 Å². The molecular formula is C15H13ClN2O3. The first-order chi connectivity index (χ1) is 10.2. The lowest BCUT2D eigenvalue weighted by Gasteiger charge is -2.07. The molecule has 21 heavy (non-hydrogen) atoms. The van der Waals surface area contributed by atoms with Crippen LogP contribution in [0.1, 0.15) is 20.7 Å². The Labute approximate surface area is 126 Å². The van der Waals surface area contributed by atoms with E-state index in [1.165, 1.54) is 12.4 Å². The van der Waals surface area contributed by atoms with E-state index in [2.05, 4.69) is 10.3 Å². The summed E-state index contributed by atoms with van der Waals surface area (Å²) in [7, 11) is 0. The predicted octanol–water partition coefficient (Wildman–Crippen LogP) is 2.32. The molecule has 0 spiro atoms. The minimum Gasteiger partial charge on any atom is -0.460 e. The Bertz CT molecular complexity index is 632. The third-order valence-corrected chi connectivity index (χ3v) is 2.99. The fourth-order valence-electron chi connectivity index (χ4n) is 1.62. The molecule has 1 aromatic carbocycles. The normalized spacial score (nSPS) is 9.95. The summed E-state index contributed by atoms with van der Waals surface area (Å²) in [6.45, 7) is 0.290. The standard InChI is InChI=1S/C15H13ClN2O3/c16-13-4-2-1-3-12(13)15(20)21-10-9-18-14(19)11-5-7-17-8-6-11/h1-8H,9-10H2,(H,18,19). The van der Waals surface area contributed by atoms with Gasteiger partial charge < -0.3 is 10.1 Å². The van der Waals surface area contributed by atoms with E-state index >= 15 is 0 Å². The zero-order valence-corrected chi connectivity index (χ0v) is 11.8. The average Bonchev–Trinajstić information content (AvgIpc) is 2.52. The molecule has 1 heterocycles. The molecular weight excluding hydrogens is 292 g/mol. The summed E-state index contributed by atoms with van der Waals surface area (Å²) in [5.74, 6) is -0.759. The molecule has 0 aliphatic rings. The molecule has 0 aliphatic carbocycles. The first-order valence-corrected chi connectivity index (χ1v) is 6.66. The molecule has 2 aromatic rings. The highest BCUT2D eigenvalue weighted by Gasteiger charge is 2.11. The van der Waals surface area contributed by atoms with Crippen molar-refractivity contribution in [2.45, 2.75) is 0 Å². The number of pyridine rings is 1. The molecule has 1 N–H and O–H groups in total. The van der Waals surface area contributed by atoms with Crippen molar-refractivity contribution < 1.29 is 14.3 Å². The van der Waals surface area contributed by atoms with Crippen LogP contribution in [0, 0.1) is 0 Å². The van der Waals surface area contributed by atoms with E-state index in [4.69, 9.17) is 16.3 Å². The van der Waals surface area contributed by atoms with Crippen LogP contribution in [0.25, 0.3) is 0 Å². The number of aromatic nitrogens is 1. The van der Waals surface area contributed by atoms with Gasteiger partial charge in [0.2, 0.25) is 0 Å². The van der Waals surface area contributed by atoms with Gasteiger partial charge in [0.25, 0.3) is 5.91 Å². The maximum Gasteiger partial charge on any atom is 0.339 e. The number of hydrogen-bond acceptors (Lipinski definition) is 4. The molecule has 1 aromatic heterocycles. The number of hydrogen-bond donors (Lipinski definition) is 1. The van der Waals surface area contributed by atoms with Crippen molar-refractivity contribution >= 4 is 23.5 Å². The van der Waals surface area contributed by atoms with Crippen molar-refractivity contribution in [3.05, 3.63) is 64.9 Å². The van der Waals surface area contributed by atoms with Crippen LogP contribution in [0.5, 0.6) is 0 Å². The minimum absolute atomic E-state index is 0.0703. The lowest BCUT2D eigenvalue weighted by Crippen LogP contribution is -2.28. The Morgan fingerprint density at radius 2 is 1.86 bits per heavy atom. The maximum atomic E-state index is 11.8. The maximum absolute atomic E-state index is 11.8. The fraction of sp³-hybridized carbons (Fsp3) is 0.133. The Balaban J connectivity index is 1.76. The third kappa shape index (κ3) is 4.29. The number of benzene rings is 1. The second-order valence-electron chi connectivity index (χ2n) is 4.11. The summed E-state index contributed by atoms with van der Waals surface area (Å²) in [5, 5.41) is 2.98. The average molecular weight is 305 g/mol. The number of carbonyl (C=O) groups is 2. The lowest BCUT2D eigenvalue weighted by atomic mass is 10.2. The number of halogens is 1. The Morgan fingerprint density at radius 3 is 2.57 bits per heavy atom. The van der Waals surface area contributed by atoms with Gasteiger partial charge in [0.05, 0.1) is 17.1 Å². The number of ether oxygens (including phenoxy) is 1. The van der Waals surface area contributed by atoms with Crippen molar-refractivity contribution in [2.24, 2.45) is 0 Å². The molecule has 0 bridgehead atoms. The zero-order chi connectivity index (χ0) is 15.1. The van der Waals surface area contributed by atoms with Crippen LogP contribution in [0.15, 0.2) is 48.8 Å². The molecule has 0 saturated heterocycles. The molecule has 0 atom stereocenters. The highest BCUT2D eigenvalue weighted by Crippen LogP contribution is 2.15. The van der Waals surface area contributed by atoms with Crippen LogP contribution in [0.3, 0.4) is 0 Å². The van der Waals surface area contributed by atoms with E-state index in [0.717, 1.165) is 0 Å². The van der Waals surface area contributed by atoms with Gasteiger partial charge in [0.15, 0.2) is 0 Å². The summed E-state index contributed by atoms with van der Waals surface area (Å²) in [4.78, 5) is 27.3. The van der Waals surface area contributed by atoms with Crippen molar-refractivity contribution in [3.63, 3.8) is 0 Å². The number of nitrogens with zero attached hydrogens (tertiary/aromatic N) is 1. The smallest absolute Gasteiger partial charge is 0.339 e.